The van der Waals surface area contributed by atoms with Crippen LogP contribution in [0.15, 0.2) is 54.7 Å². The molecule has 5 nitrogen and oxygen atoms in total. The predicted molar refractivity (Wildman–Crippen MR) is 120 cm³/mol. The van der Waals surface area contributed by atoms with E-state index in [2.05, 4.69) is 20.9 Å². The van der Waals surface area contributed by atoms with Crippen molar-refractivity contribution in [2.45, 2.75) is 33.2 Å². The first kappa shape index (κ1) is 21.0. The minimum absolute atomic E-state index is 0.199. The highest BCUT2D eigenvalue weighted by atomic mass is 19.1. The van der Waals surface area contributed by atoms with Crippen molar-refractivity contribution < 1.29 is 9.18 Å². The standard InChI is InChI=1S/C25H27FN4O/c1-3-29(17-19-10-8-9-18(2)15-19)24(31)21-16-27-25(30-13-6-7-14-30)28-23(21)20-11-4-5-12-22(20)26/h4-5,8-12,15-16H,3,6-7,13-14,17H2,1-2H3. The number of hydrogen-bond acceptors (Lipinski definition) is 4. The number of anilines is 1. The predicted octanol–water partition coefficient (Wildman–Crippen LogP) is 4.85. The van der Waals surface area contributed by atoms with Crippen molar-refractivity contribution in [1.82, 2.24) is 14.9 Å². The molecular weight excluding hydrogens is 391 g/mol. The average molecular weight is 419 g/mol. The van der Waals surface area contributed by atoms with Crippen LogP contribution >= 0.6 is 0 Å². The number of benzene rings is 2. The molecule has 3 aromatic rings. The van der Waals surface area contributed by atoms with Crippen molar-refractivity contribution in [3.05, 3.63) is 77.2 Å². The van der Waals surface area contributed by atoms with Crippen LogP contribution in [0.3, 0.4) is 0 Å². The maximum Gasteiger partial charge on any atom is 0.257 e. The Labute approximate surface area is 182 Å². The number of carbonyl (C=O) groups is 1. The molecule has 1 aromatic heterocycles. The Bertz CT molecular complexity index is 1080. The van der Waals surface area contributed by atoms with Gasteiger partial charge in [-0.05, 0) is 44.4 Å². The number of amides is 1. The van der Waals surface area contributed by atoms with Gasteiger partial charge in [0.25, 0.3) is 5.91 Å². The van der Waals surface area contributed by atoms with E-state index in [9.17, 15) is 9.18 Å². The molecule has 1 amide bonds. The molecule has 0 aliphatic carbocycles. The topological polar surface area (TPSA) is 49.3 Å². The van der Waals surface area contributed by atoms with Crippen molar-refractivity contribution in [2.24, 2.45) is 0 Å². The monoisotopic (exact) mass is 418 g/mol. The van der Waals surface area contributed by atoms with Crippen LogP contribution in [0.1, 0.15) is 41.3 Å². The summed E-state index contributed by atoms with van der Waals surface area (Å²) in [6.45, 7) is 6.72. The van der Waals surface area contributed by atoms with E-state index in [-0.39, 0.29) is 5.91 Å². The maximum absolute atomic E-state index is 14.7. The molecule has 0 N–H and O–H groups in total. The van der Waals surface area contributed by atoms with Crippen LogP contribution in [0.25, 0.3) is 11.3 Å². The van der Waals surface area contributed by atoms with E-state index in [1.165, 1.54) is 6.07 Å². The number of aromatic nitrogens is 2. The highest BCUT2D eigenvalue weighted by Gasteiger charge is 2.24. The third-order valence-corrected chi connectivity index (χ3v) is 5.65. The fourth-order valence-corrected chi connectivity index (χ4v) is 3.99. The zero-order chi connectivity index (χ0) is 21.8. The van der Waals surface area contributed by atoms with Crippen LogP contribution in [0, 0.1) is 12.7 Å². The average Bonchev–Trinajstić information content (AvgIpc) is 3.32. The van der Waals surface area contributed by atoms with Gasteiger partial charge in [0.15, 0.2) is 0 Å². The third-order valence-electron chi connectivity index (χ3n) is 5.65. The van der Waals surface area contributed by atoms with Crippen molar-refractivity contribution in [3.63, 3.8) is 0 Å². The second kappa shape index (κ2) is 9.25. The number of carbonyl (C=O) groups excluding carboxylic acids is 1. The lowest BCUT2D eigenvalue weighted by atomic mass is 10.0. The quantitative estimate of drug-likeness (QED) is 0.574. The minimum Gasteiger partial charge on any atom is -0.341 e. The molecule has 0 saturated carbocycles. The van der Waals surface area contributed by atoms with Crippen LogP contribution in [-0.2, 0) is 6.54 Å². The van der Waals surface area contributed by atoms with Crippen LogP contribution in [0.5, 0.6) is 0 Å². The molecule has 0 atom stereocenters. The van der Waals surface area contributed by atoms with Gasteiger partial charge >= 0.3 is 0 Å². The van der Waals surface area contributed by atoms with E-state index in [0.29, 0.717) is 35.9 Å². The highest BCUT2D eigenvalue weighted by Crippen LogP contribution is 2.28. The summed E-state index contributed by atoms with van der Waals surface area (Å²) in [5.41, 5.74) is 3.19. The zero-order valence-electron chi connectivity index (χ0n) is 18.0. The van der Waals surface area contributed by atoms with Gasteiger partial charge in [-0.3, -0.25) is 4.79 Å². The molecule has 1 saturated heterocycles. The molecule has 4 rings (SSSR count). The molecule has 6 heteroatoms. The van der Waals surface area contributed by atoms with E-state index in [0.717, 1.165) is 37.1 Å². The molecule has 1 fully saturated rings. The Morgan fingerprint density at radius 3 is 2.61 bits per heavy atom. The van der Waals surface area contributed by atoms with Crippen molar-refractivity contribution in [2.75, 3.05) is 24.5 Å². The summed E-state index contributed by atoms with van der Waals surface area (Å²) in [4.78, 5) is 26.5. The Hall–Kier alpha value is -3.28. The van der Waals surface area contributed by atoms with Crippen LogP contribution in [0.2, 0.25) is 0 Å². The molecule has 1 aliphatic rings. The molecule has 0 spiro atoms. The number of aryl methyl sites for hydroxylation is 1. The van der Waals surface area contributed by atoms with E-state index in [1.54, 1.807) is 29.3 Å². The molecule has 2 heterocycles. The SMILES string of the molecule is CCN(Cc1cccc(C)c1)C(=O)c1cnc(N2CCCC2)nc1-c1ccccc1F. The molecule has 31 heavy (non-hydrogen) atoms. The summed E-state index contributed by atoms with van der Waals surface area (Å²) in [5, 5.41) is 0. The summed E-state index contributed by atoms with van der Waals surface area (Å²) in [6.07, 6.45) is 3.72. The molecule has 160 valence electrons. The fraction of sp³-hybridized carbons (Fsp3) is 0.320. The summed E-state index contributed by atoms with van der Waals surface area (Å²) in [5.74, 6) is -0.0476. The van der Waals surface area contributed by atoms with Gasteiger partial charge in [-0.1, -0.05) is 42.0 Å². The van der Waals surface area contributed by atoms with Gasteiger partial charge in [0, 0.05) is 37.9 Å². The molecule has 0 radical (unpaired) electrons. The Balaban J connectivity index is 1.73. The molecule has 1 aliphatic heterocycles. The molecule has 2 aromatic carbocycles. The van der Waals surface area contributed by atoms with Gasteiger partial charge < -0.3 is 9.80 Å². The third kappa shape index (κ3) is 4.58. The first-order chi connectivity index (χ1) is 15.1. The Morgan fingerprint density at radius 1 is 1.13 bits per heavy atom. The lowest BCUT2D eigenvalue weighted by Crippen LogP contribution is -2.31. The van der Waals surface area contributed by atoms with Crippen molar-refractivity contribution >= 4 is 11.9 Å². The molecule has 0 bridgehead atoms. The van der Waals surface area contributed by atoms with Gasteiger partial charge in [-0.15, -0.1) is 0 Å². The van der Waals surface area contributed by atoms with E-state index in [1.807, 2.05) is 32.0 Å². The second-order valence-corrected chi connectivity index (χ2v) is 7.91. The minimum atomic E-state index is -0.399. The number of hydrogen-bond donors (Lipinski definition) is 0. The lowest BCUT2D eigenvalue weighted by Gasteiger charge is -2.23. The van der Waals surface area contributed by atoms with Crippen molar-refractivity contribution in [3.8, 4) is 11.3 Å². The second-order valence-electron chi connectivity index (χ2n) is 7.91. The number of rotatable bonds is 6. The number of halogens is 1. The van der Waals surface area contributed by atoms with E-state index < -0.39 is 5.82 Å². The lowest BCUT2D eigenvalue weighted by molar-refractivity contribution is 0.0752. The summed E-state index contributed by atoms with van der Waals surface area (Å²) in [6, 6.07) is 14.6. The van der Waals surface area contributed by atoms with Gasteiger partial charge in [0.2, 0.25) is 5.95 Å². The summed E-state index contributed by atoms with van der Waals surface area (Å²) in [7, 11) is 0. The van der Waals surface area contributed by atoms with Gasteiger partial charge in [0.05, 0.1) is 11.3 Å². The zero-order valence-corrected chi connectivity index (χ0v) is 18.0. The van der Waals surface area contributed by atoms with Crippen molar-refractivity contribution in [1.29, 1.82) is 0 Å². The number of nitrogens with zero attached hydrogens (tertiary/aromatic N) is 4. The largest absolute Gasteiger partial charge is 0.341 e. The first-order valence-electron chi connectivity index (χ1n) is 10.8. The van der Waals surface area contributed by atoms with Crippen LogP contribution < -0.4 is 4.90 Å². The maximum atomic E-state index is 14.7. The van der Waals surface area contributed by atoms with E-state index in [4.69, 9.17) is 0 Å². The smallest absolute Gasteiger partial charge is 0.257 e. The van der Waals surface area contributed by atoms with Gasteiger partial charge in [-0.25, -0.2) is 14.4 Å². The summed E-state index contributed by atoms with van der Waals surface area (Å²) < 4.78 is 14.7. The first-order valence-corrected chi connectivity index (χ1v) is 10.8. The Kier molecular flexibility index (Phi) is 6.26. The highest BCUT2D eigenvalue weighted by molar-refractivity contribution is 5.99. The Morgan fingerprint density at radius 2 is 1.90 bits per heavy atom. The van der Waals surface area contributed by atoms with Crippen LogP contribution in [0.4, 0.5) is 10.3 Å². The van der Waals surface area contributed by atoms with E-state index >= 15 is 0 Å². The van der Waals surface area contributed by atoms with Gasteiger partial charge in [-0.2, -0.15) is 0 Å². The molecular formula is C25H27FN4O. The van der Waals surface area contributed by atoms with Crippen LogP contribution in [-0.4, -0.2) is 40.4 Å². The van der Waals surface area contributed by atoms with Gasteiger partial charge in [0.1, 0.15) is 5.82 Å². The summed E-state index contributed by atoms with van der Waals surface area (Å²) >= 11 is 0. The molecule has 0 unspecified atom stereocenters. The normalized spacial score (nSPS) is 13.5. The fourth-order valence-electron chi connectivity index (χ4n) is 3.99.